The van der Waals surface area contributed by atoms with Crippen molar-refractivity contribution in [1.82, 2.24) is 20.4 Å². The number of hydrogen-bond acceptors (Lipinski definition) is 3. The van der Waals surface area contributed by atoms with Gasteiger partial charge < -0.3 is 10.6 Å². The Morgan fingerprint density at radius 3 is 2.52 bits per heavy atom. The van der Waals surface area contributed by atoms with Crippen LogP contribution >= 0.6 is 35.7 Å². The van der Waals surface area contributed by atoms with E-state index in [1.54, 1.807) is 18.0 Å². The van der Waals surface area contributed by atoms with Crippen molar-refractivity contribution in [2.75, 3.05) is 12.8 Å². The van der Waals surface area contributed by atoms with Crippen LogP contribution in [0.1, 0.15) is 18.2 Å². The van der Waals surface area contributed by atoms with Crippen molar-refractivity contribution in [3.8, 4) is 0 Å². The molecule has 0 unspecified atom stereocenters. The number of rotatable bonds is 6. The molecule has 0 aliphatic heterocycles. The van der Waals surface area contributed by atoms with E-state index in [-0.39, 0.29) is 24.0 Å². The minimum absolute atomic E-state index is 0. The van der Waals surface area contributed by atoms with Crippen molar-refractivity contribution < 1.29 is 0 Å². The normalized spacial score (nSPS) is 11.0. The van der Waals surface area contributed by atoms with Crippen LogP contribution in [0.3, 0.4) is 0 Å². The first-order valence-electron chi connectivity index (χ1n) is 7.35. The van der Waals surface area contributed by atoms with E-state index >= 15 is 0 Å². The van der Waals surface area contributed by atoms with Crippen LogP contribution in [0, 0.1) is 0 Å². The molecule has 2 aromatic rings. The SMILES string of the molecule is CCNC(=NCc1ccc(SC)cc1)NCc1ccnn1C.I. The monoisotopic (exact) mass is 445 g/mol. The summed E-state index contributed by atoms with van der Waals surface area (Å²) in [5.41, 5.74) is 2.32. The van der Waals surface area contributed by atoms with E-state index in [0.717, 1.165) is 18.2 Å². The molecular formula is C16H24IN5S. The third kappa shape index (κ3) is 6.42. The summed E-state index contributed by atoms with van der Waals surface area (Å²) >= 11 is 1.75. The van der Waals surface area contributed by atoms with Crippen LogP contribution in [0.15, 0.2) is 46.4 Å². The van der Waals surface area contributed by atoms with Gasteiger partial charge in [0.2, 0.25) is 0 Å². The molecule has 1 aromatic heterocycles. The molecule has 7 heteroatoms. The molecule has 0 saturated carbocycles. The second-order valence-electron chi connectivity index (χ2n) is 4.84. The maximum atomic E-state index is 4.63. The van der Waals surface area contributed by atoms with Crippen LogP contribution in [0.25, 0.3) is 0 Å². The van der Waals surface area contributed by atoms with Crippen LogP contribution in [-0.2, 0) is 20.1 Å². The van der Waals surface area contributed by atoms with Gasteiger partial charge in [-0.3, -0.25) is 4.68 Å². The summed E-state index contributed by atoms with van der Waals surface area (Å²) in [6.07, 6.45) is 3.88. The summed E-state index contributed by atoms with van der Waals surface area (Å²) in [5.74, 6) is 0.817. The van der Waals surface area contributed by atoms with Crippen LogP contribution in [0.5, 0.6) is 0 Å². The highest BCUT2D eigenvalue weighted by Gasteiger charge is 2.01. The fraction of sp³-hybridized carbons (Fsp3) is 0.375. The Hall–Kier alpha value is -1.22. The van der Waals surface area contributed by atoms with Gasteiger partial charge in [0, 0.05) is 24.7 Å². The lowest BCUT2D eigenvalue weighted by molar-refractivity contribution is 0.685. The predicted octanol–water partition coefficient (Wildman–Crippen LogP) is 3.02. The van der Waals surface area contributed by atoms with Crippen LogP contribution < -0.4 is 10.6 Å². The molecule has 0 bridgehead atoms. The Morgan fingerprint density at radius 1 is 1.22 bits per heavy atom. The van der Waals surface area contributed by atoms with Crippen molar-refractivity contribution in [2.45, 2.75) is 24.9 Å². The van der Waals surface area contributed by atoms with E-state index in [0.29, 0.717) is 13.1 Å². The summed E-state index contributed by atoms with van der Waals surface area (Å²) in [6.45, 7) is 4.26. The van der Waals surface area contributed by atoms with Crippen molar-refractivity contribution >= 4 is 41.7 Å². The number of aliphatic imine (C=N–C) groups is 1. The molecule has 126 valence electrons. The highest BCUT2D eigenvalue weighted by atomic mass is 127. The van der Waals surface area contributed by atoms with Crippen LogP contribution in [0.4, 0.5) is 0 Å². The van der Waals surface area contributed by atoms with Gasteiger partial charge in [0.25, 0.3) is 0 Å². The van der Waals surface area contributed by atoms with Crippen molar-refractivity contribution in [3.05, 3.63) is 47.8 Å². The van der Waals surface area contributed by atoms with E-state index in [1.165, 1.54) is 10.5 Å². The summed E-state index contributed by atoms with van der Waals surface area (Å²) in [5, 5.41) is 10.8. The van der Waals surface area contributed by atoms with Gasteiger partial charge in [-0.25, -0.2) is 4.99 Å². The zero-order chi connectivity index (χ0) is 15.8. The maximum Gasteiger partial charge on any atom is 0.191 e. The number of thioether (sulfide) groups is 1. The predicted molar refractivity (Wildman–Crippen MR) is 109 cm³/mol. The molecule has 1 heterocycles. The lowest BCUT2D eigenvalue weighted by Crippen LogP contribution is -2.37. The molecule has 2 rings (SSSR count). The van der Waals surface area contributed by atoms with Crippen molar-refractivity contribution in [2.24, 2.45) is 12.0 Å². The second-order valence-corrected chi connectivity index (χ2v) is 5.72. The van der Waals surface area contributed by atoms with E-state index < -0.39 is 0 Å². The quantitative estimate of drug-likeness (QED) is 0.311. The second kappa shape index (κ2) is 10.5. The highest BCUT2D eigenvalue weighted by molar-refractivity contribution is 14.0. The first-order chi connectivity index (χ1) is 10.7. The van der Waals surface area contributed by atoms with Gasteiger partial charge in [-0.05, 0) is 36.9 Å². The van der Waals surface area contributed by atoms with Gasteiger partial charge in [-0.15, -0.1) is 35.7 Å². The Morgan fingerprint density at radius 2 is 1.96 bits per heavy atom. The molecule has 0 amide bonds. The molecule has 0 spiro atoms. The number of aryl methyl sites for hydroxylation is 1. The molecule has 1 aromatic carbocycles. The van der Waals surface area contributed by atoms with Gasteiger partial charge in [-0.1, -0.05) is 12.1 Å². The fourth-order valence-corrected chi connectivity index (χ4v) is 2.40. The molecule has 2 N–H and O–H groups in total. The van der Waals surface area contributed by atoms with Crippen LogP contribution in [0.2, 0.25) is 0 Å². The lowest BCUT2D eigenvalue weighted by Gasteiger charge is -2.11. The van der Waals surface area contributed by atoms with Gasteiger partial charge in [0.05, 0.1) is 18.8 Å². The largest absolute Gasteiger partial charge is 0.357 e. The van der Waals surface area contributed by atoms with E-state index in [9.17, 15) is 0 Å². The number of nitrogens with one attached hydrogen (secondary N) is 2. The minimum Gasteiger partial charge on any atom is -0.357 e. The first-order valence-corrected chi connectivity index (χ1v) is 8.57. The summed E-state index contributed by atoms with van der Waals surface area (Å²) in [7, 11) is 1.94. The number of halogens is 1. The van der Waals surface area contributed by atoms with Gasteiger partial charge >= 0.3 is 0 Å². The van der Waals surface area contributed by atoms with Gasteiger partial charge in [-0.2, -0.15) is 5.10 Å². The number of nitrogens with zero attached hydrogens (tertiary/aromatic N) is 3. The molecule has 23 heavy (non-hydrogen) atoms. The molecule has 0 aliphatic carbocycles. The summed E-state index contributed by atoms with van der Waals surface area (Å²) in [6, 6.07) is 10.5. The lowest BCUT2D eigenvalue weighted by atomic mass is 10.2. The standard InChI is InChI=1S/C16H23N5S.HI/c1-4-17-16(19-12-14-9-10-20-21(14)2)18-11-13-5-7-15(22-3)8-6-13;/h5-10H,4,11-12H2,1-3H3,(H2,17,18,19);1H. The average molecular weight is 445 g/mol. The molecule has 0 saturated heterocycles. The maximum absolute atomic E-state index is 4.63. The van der Waals surface area contributed by atoms with Crippen molar-refractivity contribution in [1.29, 1.82) is 0 Å². The zero-order valence-electron chi connectivity index (χ0n) is 13.7. The number of benzene rings is 1. The third-order valence-corrected chi connectivity index (χ3v) is 4.03. The highest BCUT2D eigenvalue weighted by Crippen LogP contribution is 2.15. The van der Waals surface area contributed by atoms with Gasteiger partial charge in [0.1, 0.15) is 0 Å². The smallest absolute Gasteiger partial charge is 0.191 e. The molecular weight excluding hydrogens is 421 g/mol. The van der Waals surface area contributed by atoms with E-state index in [1.807, 2.05) is 17.8 Å². The van der Waals surface area contributed by atoms with E-state index in [4.69, 9.17) is 0 Å². The number of aromatic nitrogens is 2. The zero-order valence-corrected chi connectivity index (χ0v) is 16.9. The average Bonchev–Trinajstić information content (AvgIpc) is 2.96. The Kier molecular flexibility index (Phi) is 9.08. The molecule has 0 fully saturated rings. The Bertz CT molecular complexity index is 609. The molecule has 5 nitrogen and oxygen atoms in total. The van der Waals surface area contributed by atoms with Gasteiger partial charge in [0.15, 0.2) is 5.96 Å². The van der Waals surface area contributed by atoms with E-state index in [2.05, 4.69) is 58.2 Å². The summed E-state index contributed by atoms with van der Waals surface area (Å²) < 4.78 is 1.86. The number of hydrogen-bond donors (Lipinski definition) is 2. The molecule has 0 radical (unpaired) electrons. The Balaban J connectivity index is 0.00000264. The number of guanidine groups is 1. The fourth-order valence-electron chi connectivity index (χ4n) is 1.99. The summed E-state index contributed by atoms with van der Waals surface area (Å²) in [4.78, 5) is 5.90. The molecule has 0 atom stereocenters. The topological polar surface area (TPSA) is 54.2 Å². The molecule has 0 aliphatic rings. The van der Waals surface area contributed by atoms with Crippen molar-refractivity contribution in [3.63, 3.8) is 0 Å². The third-order valence-electron chi connectivity index (χ3n) is 3.28. The minimum atomic E-state index is 0. The Labute approximate surface area is 159 Å². The van der Waals surface area contributed by atoms with Crippen LogP contribution in [-0.4, -0.2) is 28.5 Å². The first kappa shape index (κ1) is 19.8.